The van der Waals surface area contributed by atoms with E-state index in [1.807, 2.05) is 6.07 Å². The molecule has 0 aromatic carbocycles. The van der Waals surface area contributed by atoms with Gasteiger partial charge in [0.2, 0.25) is 0 Å². The Morgan fingerprint density at radius 1 is 1.50 bits per heavy atom. The first-order valence-electron chi connectivity index (χ1n) is 5.43. The zero-order valence-corrected chi connectivity index (χ0v) is 10.0. The highest BCUT2D eigenvalue weighted by atomic mass is 15.0. The van der Waals surface area contributed by atoms with Gasteiger partial charge in [-0.3, -0.25) is 0 Å². The van der Waals surface area contributed by atoms with Crippen LogP contribution in [0.1, 0.15) is 39.3 Å². The van der Waals surface area contributed by atoms with Crippen LogP contribution in [0.5, 0.6) is 0 Å². The van der Waals surface area contributed by atoms with Gasteiger partial charge in [0.05, 0.1) is 5.69 Å². The standard InChI is InChI=1S/C12H18N4/c1-4-7-12(2,3)16-11-6-5-9(14)10(8-13)15-11/h5-6H,4,7,14H2,1-3H3,(H,15,16). The largest absolute Gasteiger partial charge is 0.396 e. The maximum Gasteiger partial charge on any atom is 0.165 e. The Morgan fingerprint density at radius 2 is 2.19 bits per heavy atom. The average molecular weight is 218 g/mol. The molecule has 0 saturated heterocycles. The van der Waals surface area contributed by atoms with Crippen molar-refractivity contribution in [2.24, 2.45) is 0 Å². The van der Waals surface area contributed by atoms with Crippen molar-refractivity contribution in [1.82, 2.24) is 4.98 Å². The molecule has 0 spiro atoms. The van der Waals surface area contributed by atoms with Crippen LogP contribution >= 0.6 is 0 Å². The SMILES string of the molecule is CCCC(C)(C)Nc1ccc(N)c(C#N)n1. The molecule has 0 aliphatic carbocycles. The van der Waals surface area contributed by atoms with E-state index in [0.717, 1.165) is 12.8 Å². The molecule has 0 bridgehead atoms. The second-order valence-corrected chi connectivity index (χ2v) is 4.51. The number of nitrogens with one attached hydrogen (secondary N) is 1. The number of nitriles is 1. The highest BCUT2D eigenvalue weighted by molar-refractivity contribution is 5.55. The normalized spacial score (nSPS) is 10.9. The fourth-order valence-electron chi connectivity index (χ4n) is 1.66. The summed E-state index contributed by atoms with van der Waals surface area (Å²) in [4.78, 5) is 4.16. The van der Waals surface area contributed by atoms with Gasteiger partial charge in [-0.2, -0.15) is 5.26 Å². The Labute approximate surface area is 96.5 Å². The molecular weight excluding hydrogens is 200 g/mol. The average Bonchev–Trinajstić information content (AvgIpc) is 2.20. The van der Waals surface area contributed by atoms with Gasteiger partial charge < -0.3 is 11.1 Å². The van der Waals surface area contributed by atoms with E-state index in [0.29, 0.717) is 11.5 Å². The summed E-state index contributed by atoms with van der Waals surface area (Å²) in [7, 11) is 0. The van der Waals surface area contributed by atoms with Crippen molar-refractivity contribution in [2.45, 2.75) is 39.2 Å². The first kappa shape index (κ1) is 12.3. The van der Waals surface area contributed by atoms with Crippen LogP contribution in [0.15, 0.2) is 12.1 Å². The number of hydrogen-bond acceptors (Lipinski definition) is 4. The third-order valence-electron chi connectivity index (χ3n) is 2.37. The van der Waals surface area contributed by atoms with Crippen molar-refractivity contribution in [3.63, 3.8) is 0 Å². The fourth-order valence-corrected chi connectivity index (χ4v) is 1.66. The smallest absolute Gasteiger partial charge is 0.165 e. The molecule has 16 heavy (non-hydrogen) atoms. The van der Waals surface area contributed by atoms with E-state index in [2.05, 4.69) is 31.1 Å². The van der Waals surface area contributed by atoms with Crippen LogP contribution in [-0.4, -0.2) is 10.5 Å². The zero-order chi connectivity index (χ0) is 12.2. The van der Waals surface area contributed by atoms with Crippen LogP contribution in [0.25, 0.3) is 0 Å². The number of nitrogens with two attached hydrogens (primary N) is 1. The molecule has 3 N–H and O–H groups in total. The molecule has 0 amide bonds. The monoisotopic (exact) mass is 218 g/mol. The van der Waals surface area contributed by atoms with Crippen molar-refractivity contribution in [3.8, 4) is 6.07 Å². The minimum Gasteiger partial charge on any atom is -0.396 e. The second kappa shape index (κ2) is 4.84. The summed E-state index contributed by atoms with van der Waals surface area (Å²) in [6.07, 6.45) is 2.14. The predicted octanol–water partition coefficient (Wildman–Crippen LogP) is 2.53. The molecule has 4 heteroatoms. The maximum atomic E-state index is 8.82. The van der Waals surface area contributed by atoms with Gasteiger partial charge in [0, 0.05) is 5.54 Å². The number of nitrogen functional groups attached to an aromatic ring is 1. The van der Waals surface area contributed by atoms with Gasteiger partial charge in [-0.1, -0.05) is 13.3 Å². The van der Waals surface area contributed by atoms with Gasteiger partial charge in [0.25, 0.3) is 0 Å². The highest BCUT2D eigenvalue weighted by Gasteiger charge is 2.16. The van der Waals surface area contributed by atoms with Crippen molar-refractivity contribution >= 4 is 11.5 Å². The lowest BCUT2D eigenvalue weighted by Crippen LogP contribution is -2.31. The summed E-state index contributed by atoms with van der Waals surface area (Å²) < 4.78 is 0. The molecule has 0 aliphatic heterocycles. The van der Waals surface area contributed by atoms with E-state index in [4.69, 9.17) is 11.0 Å². The van der Waals surface area contributed by atoms with Gasteiger partial charge in [-0.15, -0.1) is 0 Å². The number of anilines is 2. The van der Waals surface area contributed by atoms with Crippen molar-refractivity contribution in [2.75, 3.05) is 11.1 Å². The molecule has 86 valence electrons. The van der Waals surface area contributed by atoms with Crippen LogP contribution in [-0.2, 0) is 0 Å². The van der Waals surface area contributed by atoms with E-state index in [1.165, 1.54) is 0 Å². The number of aromatic nitrogens is 1. The van der Waals surface area contributed by atoms with Gasteiger partial charge >= 0.3 is 0 Å². The third kappa shape index (κ3) is 3.13. The molecule has 0 radical (unpaired) electrons. The van der Waals surface area contributed by atoms with Gasteiger partial charge in [0.1, 0.15) is 11.9 Å². The number of pyridine rings is 1. The summed E-state index contributed by atoms with van der Waals surface area (Å²) in [5.41, 5.74) is 6.28. The minimum atomic E-state index is -0.0232. The molecule has 1 heterocycles. The number of nitrogens with zero attached hydrogens (tertiary/aromatic N) is 2. The van der Waals surface area contributed by atoms with E-state index in [1.54, 1.807) is 12.1 Å². The predicted molar refractivity (Wildman–Crippen MR) is 66.0 cm³/mol. The Balaban J connectivity index is 2.87. The van der Waals surface area contributed by atoms with Crippen LogP contribution in [0, 0.1) is 11.3 Å². The fraction of sp³-hybridized carbons (Fsp3) is 0.500. The first-order chi connectivity index (χ1) is 7.48. The lowest BCUT2D eigenvalue weighted by atomic mass is 9.99. The molecule has 0 saturated carbocycles. The third-order valence-corrected chi connectivity index (χ3v) is 2.37. The molecule has 0 unspecified atom stereocenters. The summed E-state index contributed by atoms with van der Waals surface area (Å²) in [5, 5.41) is 12.1. The van der Waals surface area contributed by atoms with Crippen LogP contribution in [0.2, 0.25) is 0 Å². The Bertz CT molecular complexity index is 404. The molecule has 1 rings (SSSR count). The molecule has 4 nitrogen and oxygen atoms in total. The van der Waals surface area contributed by atoms with Gasteiger partial charge in [0.15, 0.2) is 5.69 Å². The number of hydrogen-bond donors (Lipinski definition) is 2. The summed E-state index contributed by atoms with van der Waals surface area (Å²) >= 11 is 0. The van der Waals surface area contributed by atoms with Crippen molar-refractivity contribution < 1.29 is 0 Å². The molecular formula is C12H18N4. The lowest BCUT2D eigenvalue weighted by molar-refractivity contribution is 0.509. The van der Waals surface area contributed by atoms with Crippen LogP contribution < -0.4 is 11.1 Å². The van der Waals surface area contributed by atoms with Gasteiger partial charge in [-0.25, -0.2) is 4.98 Å². The van der Waals surface area contributed by atoms with Crippen molar-refractivity contribution in [1.29, 1.82) is 5.26 Å². The topological polar surface area (TPSA) is 74.7 Å². The molecule has 0 fully saturated rings. The van der Waals surface area contributed by atoms with Gasteiger partial charge in [-0.05, 0) is 32.4 Å². The Kier molecular flexibility index (Phi) is 3.73. The molecule has 1 aromatic heterocycles. The second-order valence-electron chi connectivity index (χ2n) is 4.51. The Hall–Kier alpha value is -1.76. The molecule has 0 aliphatic rings. The summed E-state index contributed by atoms with van der Waals surface area (Å²) in [6.45, 7) is 6.36. The van der Waals surface area contributed by atoms with E-state index < -0.39 is 0 Å². The van der Waals surface area contributed by atoms with E-state index in [-0.39, 0.29) is 11.2 Å². The Morgan fingerprint density at radius 3 is 2.75 bits per heavy atom. The summed E-state index contributed by atoms with van der Waals surface area (Å²) in [5.74, 6) is 0.698. The lowest BCUT2D eigenvalue weighted by Gasteiger charge is -2.26. The van der Waals surface area contributed by atoms with Crippen molar-refractivity contribution in [3.05, 3.63) is 17.8 Å². The first-order valence-corrected chi connectivity index (χ1v) is 5.43. The van der Waals surface area contributed by atoms with Crippen LogP contribution in [0.4, 0.5) is 11.5 Å². The number of rotatable bonds is 4. The van der Waals surface area contributed by atoms with E-state index in [9.17, 15) is 0 Å². The summed E-state index contributed by atoms with van der Waals surface area (Å²) in [6, 6.07) is 5.48. The maximum absolute atomic E-state index is 8.82. The highest BCUT2D eigenvalue weighted by Crippen LogP contribution is 2.19. The molecule has 0 atom stereocenters. The molecule has 1 aromatic rings. The van der Waals surface area contributed by atoms with E-state index >= 15 is 0 Å². The quantitative estimate of drug-likeness (QED) is 0.814. The van der Waals surface area contributed by atoms with Crippen LogP contribution in [0.3, 0.4) is 0 Å². The zero-order valence-electron chi connectivity index (χ0n) is 10.0. The minimum absolute atomic E-state index is 0.0232.